The van der Waals surface area contributed by atoms with Crippen LogP contribution in [0, 0.1) is 5.92 Å². The zero-order valence-electron chi connectivity index (χ0n) is 13.9. The van der Waals surface area contributed by atoms with Crippen LogP contribution in [0.5, 0.6) is 0 Å². The first kappa shape index (κ1) is 16.3. The molecule has 0 bridgehead atoms. The topological polar surface area (TPSA) is 21.3 Å². The van der Waals surface area contributed by atoms with Gasteiger partial charge in [-0.15, -0.1) is 0 Å². The second-order valence-corrected chi connectivity index (χ2v) is 7.40. The molecule has 0 aromatic rings. The minimum Gasteiger partial charge on any atom is -0.372 e. The molecule has 1 heterocycles. The molecule has 0 aromatic heterocycles. The summed E-state index contributed by atoms with van der Waals surface area (Å²) >= 11 is 0. The maximum Gasteiger partial charge on any atom is 0.0687 e. The minimum atomic E-state index is 0.322. The largest absolute Gasteiger partial charge is 0.372 e. The van der Waals surface area contributed by atoms with E-state index in [1.807, 2.05) is 0 Å². The monoisotopic (exact) mass is 281 g/mol. The molecule has 1 N–H and O–H groups in total. The van der Waals surface area contributed by atoms with Crippen molar-refractivity contribution in [3.05, 3.63) is 0 Å². The Hall–Kier alpha value is -0.0800. The Labute approximate surface area is 126 Å². The van der Waals surface area contributed by atoms with E-state index in [9.17, 15) is 0 Å². The summed E-state index contributed by atoms with van der Waals surface area (Å²) in [5.74, 6) is 0.743. The third kappa shape index (κ3) is 4.46. The van der Waals surface area contributed by atoms with Gasteiger partial charge in [-0.25, -0.2) is 0 Å². The summed E-state index contributed by atoms with van der Waals surface area (Å²) in [6.45, 7) is 8.09. The van der Waals surface area contributed by atoms with E-state index in [1.54, 1.807) is 0 Å². The normalized spacial score (nSPS) is 26.7. The van der Waals surface area contributed by atoms with Crippen LogP contribution >= 0.6 is 0 Å². The van der Waals surface area contributed by atoms with E-state index in [0.717, 1.165) is 12.5 Å². The van der Waals surface area contributed by atoms with Gasteiger partial charge in [0.05, 0.1) is 11.7 Å². The van der Waals surface area contributed by atoms with Crippen LogP contribution in [0.15, 0.2) is 0 Å². The number of ether oxygens (including phenoxy) is 1. The number of nitrogens with one attached hydrogen (secondary N) is 1. The van der Waals surface area contributed by atoms with Crippen molar-refractivity contribution in [3.63, 3.8) is 0 Å². The fraction of sp³-hybridized carbons (Fsp3) is 1.00. The molecule has 1 aliphatic heterocycles. The molecule has 0 amide bonds. The van der Waals surface area contributed by atoms with Gasteiger partial charge in [-0.1, -0.05) is 33.6 Å². The van der Waals surface area contributed by atoms with Crippen molar-refractivity contribution in [2.75, 3.05) is 6.54 Å². The van der Waals surface area contributed by atoms with Crippen LogP contribution in [0.4, 0.5) is 0 Å². The molecule has 2 atom stereocenters. The highest BCUT2D eigenvalue weighted by molar-refractivity contribution is 4.92. The Morgan fingerprint density at radius 2 is 1.95 bits per heavy atom. The molecular weight excluding hydrogens is 246 g/mol. The second-order valence-electron chi connectivity index (χ2n) is 7.40. The SMILES string of the molecule is CCCNC(CCCC1CCC2(CCCC2)O1)C(C)C. The quantitative estimate of drug-likeness (QED) is 0.698. The Morgan fingerprint density at radius 3 is 2.60 bits per heavy atom. The van der Waals surface area contributed by atoms with Crippen molar-refractivity contribution in [2.24, 2.45) is 5.92 Å². The molecule has 2 aliphatic rings. The third-order valence-electron chi connectivity index (χ3n) is 5.36. The predicted octanol–water partition coefficient (Wildman–Crippen LogP) is 4.67. The van der Waals surface area contributed by atoms with Gasteiger partial charge < -0.3 is 10.1 Å². The van der Waals surface area contributed by atoms with Crippen LogP contribution in [-0.2, 0) is 4.74 Å². The lowest BCUT2D eigenvalue weighted by atomic mass is 9.95. The highest BCUT2D eigenvalue weighted by Crippen LogP contribution is 2.44. The van der Waals surface area contributed by atoms with Crippen LogP contribution in [0.25, 0.3) is 0 Å². The summed E-state index contributed by atoms with van der Waals surface area (Å²) in [7, 11) is 0. The van der Waals surface area contributed by atoms with E-state index in [2.05, 4.69) is 26.1 Å². The zero-order chi connectivity index (χ0) is 14.4. The van der Waals surface area contributed by atoms with Crippen molar-refractivity contribution >= 4 is 0 Å². The van der Waals surface area contributed by atoms with Crippen LogP contribution < -0.4 is 5.32 Å². The van der Waals surface area contributed by atoms with Crippen molar-refractivity contribution in [1.29, 1.82) is 0 Å². The minimum absolute atomic E-state index is 0.322. The molecule has 2 unspecified atom stereocenters. The summed E-state index contributed by atoms with van der Waals surface area (Å²) in [5, 5.41) is 3.70. The van der Waals surface area contributed by atoms with Gasteiger partial charge in [0.15, 0.2) is 0 Å². The second kappa shape index (κ2) is 7.79. The van der Waals surface area contributed by atoms with Crippen molar-refractivity contribution < 1.29 is 4.74 Å². The fourth-order valence-electron chi connectivity index (χ4n) is 4.05. The number of hydrogen-bond donors (Lipinski definition) is 1. The Bertz CT molecular complexity index is 271. The van der Waals surface area contributed by atoms with E-state index in [1.165, 1.54) is 64.2 Å². The highest BCUT2D eigenvalue weighted by Gasteiger charge is 2.41. The van der Waals surface area contributed by atoms with Gasteiger partial charge in [0.1, 0.15) is 0 Å². The maximum absolute atomic E-state index is 6.41. The Morgan fingerprint density at radius 1 is 1.20 bits per heavy atom. The Kier molecular flexibility index (Phi) is 6.35. The van der Waals surface area contributed by atoms with Crippen LogP contribution in [0.2, 0.25) is 0 Å². The van der Waals surface area contributed by atoms with E-state index in [-0.39, 0.29) is 0 Å². The van der Waals surface area contributed by atoms with Gasteiger partial charge in [0.25, 0.3) is 0 Å². The molecule has 118 valence electrons. The van der Waals surface area contributed by atoms with E-state index in [0.29, 0.717) is 17.7 Å². The van der Waals surface area contributed by atoms with Crippen LogP contribution in [0.1, 0.15) is 85.0 Å². The van der Waals surface area contributed by atoms with E-state index >= 15 is 0 Å². The molecule has 2 rings (SSSR count). The van der Waals surface area contributed by atoms with Crippen LogP contribution in [0.3, 0.4) is 0 Å². The molecule has 2 fully saturated rings. The molecule has 1 spiro atoms. The first-order valence-corrected chi connectivity index (χ1v) is 9.06. The molecule has 1 aliphatic carbocycles. The number of rotatable bonds is 8. The van der Waals surface area contributed by atoms with Gasteiger partial charge in [-0.05, 0) is 63.8 Å². The van der Waals surface area contributed by atoms with Gasteiger partial charge in [-0.3, -0.25) is 0 Å². The molecule has 2 heteroatoms. The fourth-order valence-corrected chi connectivity index (χ4v) is 4.05. The molecule has 1 saturated heterocycles. The Balaban J connectivity index is 1.65. The summed E-state index contributed by atoms with van der Waals surface area (Å²) in [5.41, 5.74) is 0.322. The maximum atomic E-state index is 6.41. The smallest absolute Gasteiger partial charge is 0.0687 e. The lowest BCUT2D eigenvalue weighted by Gasteiger charge is -2.25. The van der Waals surface area contributed by atoms with E-state index in [4.69, 9.17) is 4.74 Å². The van der Waals surface area contributed by atoms with Crippen LogP contribution in [-0.4, -0.2) is 24.3 Å². The number of hydrogen-bond acceptors (Lipinski definition) is 2. The first-order chi connectivity index (χ1) is 9.65. The predicted molar refractivity (Wildman–Crippen MR) is 86.1 cm³/mol. The average molecular weight is 281 g/mol. The van der Waals surface area contributed by atoms with Gasteiger partial charge in [-0.2, -0.15) is 0 Å². The molecular formula is C18H35NO. The van der Waals surface area contributed by atoms with Gasteiger partial charge >= 0.3 is 0 Å². The van der Waals surface area contributed by atoms with Crippen molar-refractivity contribution in [2.45, 2.75) is 103 Å². The lowest BCUT2D eigenvalue weighted by molar-refractivity contribution is -0.0397. The summed E-state index contributed by atoms with van der Waals surface area (Å²) in [6, 6.07) is 0.691. The van der Waals surface area contributed by atoms with E-state index < -0.39 is 0 Å². The molecule has 20 heavy (non-hydrogen) atoms. The van der Waals surface area contributed by atoms with Gasteiger partial charge in [0.2, 0.25) is 0 Å². The van der Waals surface area contributed by atoms with Crippen molar-refractivity contribution in [1.82, 2.24) is 5.32 Å². The zero-order valence-corrected chi connectivity index (χ0v) is 13.9. The first-order valence-electron chi connectivity index (χ1n) is 9.06. The average Bonchev–Trinajstić information content (AvgIpc) is 3.04. The molecule has 1 saturated carbocycles. The standard InChI is InChI=1S/C18H35NO/c1-4-14-19-17(15(2)3)9-7-8-16-10-13-18(20-16)11-5-6-12-18/h15-17,19H,4-14H2,1-3H3. The molecule has 2 nitrogen and oxygen atoms in total. The highest BCUT2D eigenvalue weighted by atomic mass is 16.5. The third-order valence-corrected chi connectivity index (χ3v) is 5.36. The summed E-state index contributed by atoms with van der Waals surface area (Å²) < 4.78 is 6.41. The summed E-state index contributed by atoms with van der Waals surface area (Å²) in [4.78, 5) is 0. The van der Waals surface area contributed by atoms with Gasteiger partial charge in [0, 0.05) is 6.04 Å². The summed E-state index contributed by atoms with van der Waals surface area (Å²) in [6.07, 6.45) is 13.8. The molecule has 0 radical (unpaired) electrons. The van der Waals surface area contributed by atoms with Crippen molar-refractivity contribution in [3.8, 4) is 0 Å². The lowest BCUT2D eigenvalue weighted by Crippen LogP contribution is -2.34. The molecule has 0 aromatic carbocycles.